The van der Waals surface area contributed by atoms with Crippen LogP contribution in [0.5, 0.6) is 0 Å². The van der Waals surface area contributed by atoms with Gasteiger partial charge in [-0.3, -0.25) is 28.8 Å². The van der Waals surface area contributed by atoms with Gasteiger partial charge in [0.25, 0.3) is 0 Å². The summed E-state index contributed by atoms with van der Waals surface area (Å²) >= 11 is 0. The second kappa shape index (κ2) is 68.0. The molecule has 0 aromatic carbocycles. The van der Waals surface area contributed by atoms with Gasteiger partial charge in [0.05, 0.1) is 72.2 Å². The lowest BCUT2D eigenvalue weighted by molar-refractivity contribution is -0.181. The Bertz CT molecular complexity index is 3240. The van der Waals surface area contributed by atoms with Crippen molar-refractivity contribution in [3.63, 3.8) is 0 Å². The number of aliphatic hydroxyl groups excluding tert-OH is 1. The molecule has 0 bridgehead atoms. The Morgan fingerprint density at radius 2 is 0.649 bits per heavy atom. The smallest absolute Gasteiger partial charge is 0.471 e. The molecule has 0 rings (SSSR count). The van der Waals surface area contributed by atoms with Crippen LogP contribution in [0.4, 0.5) is 9.59 Å². The molecular formula is C90H186N2O30Si9. The van der Waals surface area contributed by atoms with Gasteiger partial charge in [0.15, 0.2) is 58.2 Å². The number of alkyl carbamates (subject to hydrolysis) is 2. The topological polar surface area (TPSA) is 390 Å². The third-order valence-corrected chi connectivity index (χ3v) is 47.1. The quantitative estimate of drug-likeness (QED) is 0.00968. The third-order valence-electron chi connectivity index (χ3n) is 18.7. The van der Waals surface area contributed by atoms with Gasteiger partial charge in [-0.25, -0.2) is 19.2 Å². The van der Waals surface area contributed by atoms with Gasteiger partial charge in [-0.2, -0.15) is 0 Å². The number of amides is 2. The largest absolute Gasteiger partial charge is 0.498 e. The van der Waals surface area contributed by atoms with Gasteiger partial charge in [0.1, 0.15) is 59.5 Å². The van der Waals surface area contributed by atoms with E-state index in [0.29, 0.717) is 84.2 Å². The Hall–Kier alpha value is -5.09. The van der Waals surface area contributed by atoms with Gasteiger partial charge in [0.2, 0.25) is 6.29 Å². The van der Waals surface area contributed by atoms with Gasteiger partial charge in [-0.1, -0.05) is 68.2 Å². The Morgan fingerprint density at radius 1 is 0.344 bits per heavy atom. The Labute approximate surface area is 801 Å². The lowest BCUT2D eigenvalue weighted by atomic mass is 9.91. The molecule has 0 aliphatic heterocycles. The van der Waals surface area contributed by atoms with E-state index in [9.17, 15) is 53.1 Å². The Kier molecular flexibility index (Phi) is 70.9. The molecule has 0 radical (unpaired) electrons. The highest BCUT2D eigenvalue weighted by Gasteiger charge is 2.52. The van der Waals surface area contributed by atoms with Crippen molar-refractivity contribution in [3.05, 3.63) is 38.2 Å². The van der Waals surface area contributed by atoms with E-state index in [1.165, 1.54) is 6.26 Å². The van der Waals surface area contributed by atoms with Crippen LogP contribution in [0.15, 0.2) is 38.2 Å². The monoisotopic (exact) mass is 2030 g/mol. The highest BCUT2D eigenvalue weighted by atomic mass is 28.5. The number of hydrogen-bond acceptors (Lipinski definition) is 30. The molecule has 2 unspecified atom stereocenters. The Morgan fingerprint density at radius 3 is 1.01 bits per heavy atom. The van der Waals surface area contributed by atoms with Crippen LogP contribution in [0.3, 0.4) is 0 Å². The number of nitrogens with one attached hydrogen (secondary N) is 2. The second-order valence-electron chi connectivity index (χ2n) is 41.1. The standard InChI is InChI=1S/C20H50O6Si5.C19H41NO6Si2.C17H38O5Si2.C13H21NO6.C11H18O4.C10H18O3/c1-15-20(2,3)19(21)22-17-16-18-31(24-28(7,8)9,25-29(10,11)12)26-30(13,14)23-27(4,5)6;1-9-19(2,3)17(21)24-13-11-20-18(22)25-15-14-23-12-10-16-28(7,8)26-27(4,5)6;1-9-17(2,3)16(19)21-15(18)11-13-20-12-10-14-24(7,8)22-23(4,5)6;1-4-10(3)12(16)19-8-9-20-13(17)14-6-7-18-11(15)5-2;1-5-9(12)14-7-8-15-10(13)11(3,4)6-2;1-5-10(3,4)9(11)13-8-7-12-6-2/h15-18H2,1-14H3;9-16H2,1-8H3,(H,20,22);15,18H,9-14H2,1-8H3;5,10H,2,4,6-9H2,1,3H3,(H,14,17);5H,1,6-8H2,2-4H3;6H,2,5,7-8H2,1,3-4H3. The van der Waals surface area contributed by atoms with Crippen LogP contribution in [0, 0.1) is 33.0 Å². The van der Waals surface area contributed by atoms with Crippen molar-refractivity contribution in [2.24, 2.45) is 33.0 Å². The number of aliphatic hydroxyl groups is 1. The van der Waals surface area contributed by atoms with E-state index < -0.39 is 133 Å². The molecule has 0 spiro atoms. The lowest BCUT2D eigenvalue weighted by Gasteiger charge is -2.44. The van der Waals surface area contributed by atoms with Crippen LogP contribution in [-0.2, 0) is 125 Å². The molecular weight excluding hydrogens is 1840 g/mol. The van der Waals surface area contributed by atoms with E-state index in [2.05, 4.69) is 177 Å². The summed E-state index contributed by atoms with van der Waals surface area (Å²) in [5.41, 5.74) is -2.41. The van der Waals surface area contributed by atoms with E-state index in [-0.39, 0.29) is 108 Å². The zero-order valence-corrected chi connectivity index (χ0v) is 97.8. The summed E-state index contributed by atoms with van der Waals surface area (Å²) in [5.74, 6) is -2.79. The van der Waals surface area contributed by atoms with Crippen molar-refractivity contribution >= 4 is 136 Å². The molecule has 0 aliphatic rings. The summed E-state index contributed by atoms with van der Waals surface area (Å²) in [4.78, 5) is 114. The predicted octanol–water partition coefficient (Wildman–Crippen LogP) is 19.7. The first-order valence-corrected chi connectivity index (χ1v) is 74.3. The van der Waals surface area contributed by atoms with E-state index in [4.69, 9.17) is 76.8 Å². The molecule has 2 amide bonds. The second-order valence-corrected chi connectivity index (χ2v) is 79.8. The van der Waals surface area contributed by atoms with Crippen molar-refractivity contribution in [2.75, 3.05) is 106 Å². The number of esters is 8. The number of ether oxygens (including phenoxy) is 13. The first kappa shape index (κ1) is 137. The molecule has 2 atom stereocenters. The maximum atomic E-state index is 12.4. The maximum absolute atomic E-state index is 12.4. The first-order chi connectivity index (χ1) is 59.6. The Balaban J connectivity index is -0.000000366. The molecule has 131 heavy (non-hydrogen) atoms. The van der Waals surface area contributed by atoms with Crippen LogP contribution < -0.4 is 10.6 Å². The van der Waals surface area contributed by atoms with Crippen LogP contribution >= 0.6 is 0 Å². The van der Waals surface area contributed by atoms with Gasteiger partial charge in [0, 0.05) is 37.8 Å². The summed E-state index contributed by atoms with van der Waals surface area (Å²) in [6.07, 6.45) is 8.31. The minimum absolute atomic E-state index is 0.0159. The highest BCUT2D eigenvalue weighted by molar-refractivity contribution is 6.91. The molecule has 0 aromatic heterocycles. The van der Waals surface area contributed by atoms with Gasteiger partial charge >= 0.3 is 77.3 Å². The number of rotatable bonds is 61. The number of carbonyl (C=O) groups is 10. The average molecular weight is 2030 g/mol. The van der Waals surface area contributed by atoms with E-state index in [1.807, 2.05) is 111 Å². The SMILES string of the molecule is C=CC(=O)OCCNC(=O)OCCOC(=O)C(C)CC.C=CC(=O)OCCOC(=O)C(C)(C)CC.C=COCCOC(=O)C(C)(C)CC.CCC(C)(C)C(=O)OC(O)CCOCCC[Si](C)(C)O[Si](C)(C)C.CCC(C)(C)C(=O)OCCC[Si](O[Si](C)(C)C)(O[Si](C)(C)C)O[Si](C)(C)O[Si](C)(C)C.CCC(C)(C)C(=O)OCCNC(=O)OCCOCCC[Si](C)(C)O[Si](C)(C)C. The molecule has 32 nitrogen and oxygen atoms in total. The van der Waals surface area contributed by atoms with Crippen molar-refractivity contribution < 1.29 is 139 Å². The highest BCUT2D eigenvalue weighted by Crippen LogP contribution is 2.33. The molecule has 0 fully saturated rings. The van der Waals surface area contributed by atoms with Gasteiger partial charge in [-0.15, -0.1) is 0 Å². The van der Waals surface area contributed by atoms with E-state index in [1.54, 1.807) is 6.92 Å². The molecule has 0 saturated carbocycles. The van der Waals surface area contributed by atoms with Crippen LogP contribution in [0.25, 0.3) is 0 Å². The van der Waals surface area contributed by atoms with Crippen molar-refractivity contribution in [1.82, 2.24) is 10.6 Å². The van der Waals surface area contributed by atoms with Crippen LogP contribution in [0.2, 0.25) is 156 Å². The molecule has 0 aromatic rings. The average Bonchev–Trinajstić information content (AvgIpc) is 0.791. The summed E-state index contributed by atoms with van der Waals surface area (Å²) < 4.78 is 105. The number of hydrogen-bond donors (Lipinski definition) is 3. The van der Waals surface area contributed by atoms with Crippen molar-refractivity contribution in [1.29, 1.82) is 0 Å². The molecule has 772 valence electrons. The summed E-state index contributed by atoms with van der Waals surface area (Å²) in [6, 6.07) is 2.76. The summed E-state index contributed by atoms with van der Waals surface area (Å²) in [7, 11) is -17.4. The fourth-order valence-electron chi connectivity index (χ4n) is 10.1. The molecule has 0 saturated heterocycles. The zero-order chi connectivity index (χ0) is 103. The molecule has 0 aliphatic carbocycles. The summed E-state index contributed by atoms with van der Waals surface area (Å²) in [5, 5.41) is 14.7. The molecule has 41 heteroatoms. The van der Waals surface area contributed by atoms with Crippen molar-refractivity contribution in [3.8, 4) is 0 Å². The van der Waals surface area contributed by atoms with E-state index in [0.717, 1.165) is 49.9 Å². The normalized spacial score (nSPS) is 12.8. The van der Waals surface area contributed by atoms with Crippen LogP contribution in [-0.4, -0.2) is 253 Å². The minimum atomic E-state index is -3.04. The summed E-state index contributed by atoms with van der Waals surface area (Å²) in [6.45, 7) is 91.7. The zero-order valence-electron chi connectivity index (χ0n) is 88.8. The number of carbonyl (C=O) groups excluding carboxylic acids is 10. The molecule has 3 N–H and O–H groups in total. The first-order valence-electron chi connectivity index (χ1n) is 46.3. The van der Waals surface area contributed by atoms with Crippen molar-refractivity contribution in [2.45, 2.75) is 344 Å². The minimum Gasteiger partial charge on any atom is -0.498 e. The fraction of sp³-hybridized carbons (Fsp3) is 0.822. The van der Waals surface area contributed by atoms with Gasteiger partial charge < -0.3 is 102 Å². The van der Waals surface area contributed by atoms with Gasteiger partial charge in [-0.05, 0) is 277 Å². The van der Waals surface area contributed by atoms with Crippen LogP contribution in [0.1, 0.15) is 182 Å². The predicted molar refractivity (Wildman–Crippen MR) is 540 cm³/mol. The molecule has 0 heterocycles. The fourth-order valence-corrected chi connectivity index (χ4v) is 46.5. The lowest BCUT2D eigenvalue weighted by Crippen LogP contribution is -2.62. The maximum Gasteiger partial charge on any atom is 0.471 e. The third kappa shape index (κ3) is 80.7. The van der Waals surface area contributed by atoms with E-state index >= 15 is 0 Å².